The molecule has 0 aromatic carbocycles. The third-order valence-corrected chi connectivity index (χ3v) is 2.89. The number of sulfonamides is 2. The highest BCUT2D eigenvalue weighted by Crippen LogP contribution is 1.82. The van der Waals surface area contributed by atoms with Gasteiger partial charge in [-0.15, -0.1) is 0 Å². The van der Waals surface area contributed by atoms with Gasteiger partial charge in [0.05, 0.1) is 11.8 Å². The number of hydrogen-bond acceptors (Lipinski definition) is 5. The number of rotatable bonds is 5. The van der Waals surface area contributed by atoms with E-state index in [2.05, 4.69) is 5.14 Å². The van der Waals surface area contributed by atoms with E-state index in [0.717, 1.165) is 0 Å². The van der Waals surface area contributed by atoms with E-state index in [1.807, 2.05) is 4.72 Å². The van der Waals surface area contributed by atoms with Crippen molar-refractivity contribution in [3.05, 3.63) is 0 Å². The van der Waals surface area contributed by atoms with E-state index in [9.17, 15) is 16.8 Å². The standard InChI is InChI=1S/C4H9N3O4S2/c5-1-3-13(10,11)7-2-4-12(6,8)9/h7H,2-4H2,(H2,6,8,9). The van der Waals surface area contributed by atoms with Crippen molar-refractivity contribution in [2.45, 2.75) is 0 Å². The minimum Gasteiger partial charge on any atom is -0.229 e. The zero-order chi connectivity index (χ0) is 10.5. The molecule has 0 amide bonds. The van der Waals surface area contributed by atoms with Crippen LogP contribution in [0.5, 0.6) is 0 Å². The molecular weight excluding hydrogens is 218 g/mol. The summed E-state index contributed by atoms with van der Waals surface area (Å²) in [5, 5.41) is 12.7. The summed E-state index contributed by atoms with van der Waals surface area (Å²) in [7, 11) is -7.36. The number of nitriles is 1. The molecule has 0 atom stereocenters. The second kappa shape index (κ2) is 4.52. The highest BCUT2D eigenvalue weighted by atomic mass is 32.2. The average molecular weight is 227 g/mol. The normalized spacial score (nSPS) is 12.3. The van der Waals surface area contributed by atoms with Crippen molar-refractivity contribution in [3.8, 4) is 6.07 Å². The molecule has 0 rings (SSSR count). The first-order valence-electron chi connectivity index (χ1n) is 3.11. The van der Waals surface area contributed by atoms with E-state index in [0.29, 0.717) is 0 Å². The summed E-state index contributed by atoms with van der Waals surface area (Å²) in [5.74, 6) is -1.19. The minimum atomic E-state index is -3.69. The first kappa shape index (κ1) is 12.3. The van der Waals surface area contributed by atoms with Gasteiger partial charge in [0.1, 0.15) is 0 Å². The molecule has 0 saturated carbocycles. The van der Waals surface area contributed by atoms with E-state index in [-0.39, 0.29) is 6.54 Å². The molecule has 0 bridgehead atoms. The van der Waals surface area contributed by atoms with Gasteiger partial charge < -0.3 is 0 Å². The van der Waals surface area contributed by atoms with E-state index in [1.165, 1.54) is 6.07 Å². The molecule has 3 N–H and O–H groups in total. The fourth-order valence-electron chi connectivity index (χ4n) is 0.475. The van der Waals surface area contributed by atoms with Gasteiger partial charge in [0.15, 0.2) is 5.75 Å². The second-order valence-electron chi connectivity index (χ2n) is 2.18. The summed E-state index contributed by atoms with van der Waals surface area (Å²) in [5.41, 5.74) is 0. The zero-order valence-corrected chi connectivity index (χ0v) is 8.23. The van der Waals surface area contributed by atoms with E-state index in [4.69, 9.17) is 5.26 Å². The van der Waals surface area contributed by atoms with Crippen molar-refractivity contribution in [2.24, 2.45) is 5.14 Å². The van der Waals surface area contributed by atoms with Crippen LogP contribution in [0.15, 0.2) is 0 Å². The summed E-state index contributed by atoms with van der Waals surface area (Å²) >= 11 is 0. The quantitative estimate of drug-likeness (QED) is 0.546. The van der Waals surface area contributed by atoms with Crippen LogP contribution in [-0.4, -0.2) is 34.9 Å². The fourth-order valence-corrected chi connectivity index (χ4v) is 1.68. The maximum atomic E-state index is 10.7. The number of nitrogens with zero attached hydrogens (tertiary/aromatic N) is 1. The van der Waals surface area contributed by atoms with Gasteiger partial charge in [-0.25, -0.2) is 26.7 Å². The summed E-state index contributed by atoms with van der Waals surface area (Å²) in [6, 6.07) is 1.42. The molecule has 7 nitrogen and oxygen atoms in total. The van der Waals surface area contributed by atoms with Crippen molar-refractivity contribution in [3.63, 3.8) is 0 Å². The molecule has 0 heterocycles. The largest absolute Gasteiger partial charge is 0.229 e. The van der Waals surface area contributed by atoms with Crippen molar-refractivity contribution in [2.75, 3.05) is 18.1 Å². The molecular formula is C4H9N3O4S2. The smallest absolute Gasteiger partial charge is 0.225 e. The van der Waals surface area contributed by atoms with Gasteiger partial charge in [0.25, 0.3) is 0 Å². The van der Waals surface area contributed by atoms with Gasteiger partial charge in [-0.2, -0.15) is 5.26 Å². The van der Waals surface area contributed by atoms with Crippen molar-refractivity contribution >= 4 is 20.0 Å². The van der Waals surface area contributed by atoms with Gasteiger partial charge in [-0.3, -0.25) is 0 Å². The molecule has 0 aliphatic rings. The third-order valence-electron chi connectivity index (χ3n) is 0.963. The highest BCUT2D eigenvalue weighted by molar-refractivity contribution is 7.90. The first-order chi connectivity index (χ1) is 5.77. The fraction of sp³-hybridized carbons (Fsp3) is 0.750. The molecule has 0 saturated heterocycles. The molecule has 0 aromatic heterocycles. The van der Waals surface area contributed by atoms with Crippen LogP contribution in [0.1, 0.15) is 0 Å². The molecule has 0 fully saturated rings. The molecule has 0 aliphatic carbocycles. The number of nitrogens with two attached hydrogens (primary N) is 1. The van der Waals surface area contributed by atoms with Crippen LogP contribution >= 0.6 is 0 Å². The molecule has 9 heteroatoms. The van der Waals surface area contributed by atoms with Crippen LogP contribution in [-0.2, 0) is 20.0 Å². The Morgan fingerprint density at radius 1 is 1.31 bits per heavy atom. The summed E-state index contributed by atoms with van der Waals surface area (Å²) in [6.07, 6.45) is 0. The van der Waals surface area contributed by atoms with Crippen LogP contribution in [0.4, 0.5) is 0 Å². The molecule has 0 unspecified atom stereocenters. The van der Waals surface area contributed by atoms with E-state index >= 15 is 0 Å². The van der Waals surface area contributed by atoms with Crippen LogP contribution < -0.4 is 9.86 Å². The van der Waals surface area contributed by atoms with Crippen molar-refractivity contribution < 1.29 is 16.8 Å². The predicted octanol–water partition coefficient (Wildman–Crippen LogP) is -2.28. The maximum absolute atomic E-state index is 10.7. The molecule has 0 spiro atoms. The highest BCUT2D eigenvalue weighted by Gasteiger charge is 2.10. The Kier molecular flexibility index (Phi) is 4.28. The monoisotopic (exact) mass is 227 g/mol. The van der Waals surface area contributed by atoms with Crippen LogP contribution in [0.2, 0.25) is 0 Å². The van der Waals surface area contributed by atoms with Gasteiger partial charge >= 0.3 is 0 Å². The van der Waals surface area contributed by atoms with Gasteiger partial charge in [0, 0.05) is 6.54 Å². The number of hydrogen-bond donors (Lipinski definition) is 2. The lowest BCUT2D eigenvalue weighted by Gasteiger charge is -2.00. The Morgan fingerprint density at radius 2 is 1.85 bits per heavy atom. The van der Waals surface area contributed by atoms with Crippen LogP contribution in [0.25, 0.3) is 0 Å². The van der Waals surface area contributed by atoms with Crippen molar-refractivity contribution in [1.82, 2.24) is 4.72 Å². The zero-order valence-electron chi connectivity index (χ0n) is 6.60. The van der Waals surface area contributed by atoms with Crippen LogP contribution in [0, 0.1) is 11.3 Å². The Morgan fingerprint density at radius 3 is 2.23 bits per heavy atom. The van der Waals surface area contributed by atoms with E-state index in [1.54, 1.807) is 0 Å². The molecule has 0 radical (unpaired) electrons. The Labute approximate surface area is 76.6 Å². The Bertz CT molecular complexity index is 390. The lowest BCUT2D eigenvalue weighted by molar-refractivity contribution is 0.584. The Hall–Kier alpha value is -0.690. The maximum Gasteiger partial charge on any atom is 0.225 e. The minimum absolute atomic E-state index is 0.317. The van der Waals surface area contributed by atoms with E-state index < -0.39 is 31.6 Å². The SMILES string of the molecule is N#CCS(=O)(=O)NCCS(N)(=O)=O. The molecule has 0 aromatic rings. The summed E-state index contributed by atoms with van der Waals surface area (Å²) < 4.78 is 44.1. The first-order valence-corrected chi connectivity index (χ1v) is 6.48. The Balaban J connectivity index is 4.00. The average Bonchev–Trinajstić information content (AvgIpc) is 1.82. The predicted molar refractivity (Wildman–Crippen MR) is 45.4 cm³/mol. The van der Waals surface area contributed by atoms with Gasteiger partial charge in [-0.1, -0.05) is 0 Å². The molecule has 76 valence electrons. The summed E-state index contributed by atoms with van der Waals surface area (Å²) in [6.45, 7) is -0.317. The van der Waals surface area contributed by atoms with Crippen LogP contribution in [0.3, 0.4) is 0 Å². The lowest BCUT2D eigenvalue weighted by atomic mass is 10.8. The van der Waals surface area contributed by atoms with Gasteiger partial charge in [-0.05, 0) is 0 Å². The number of primary sulfonamides is 1. The van der Waals surface area contributed by atoms with Crippen molar-refractivity contribution in [1.29, 1.82) is 5.26 Å². The molecule has 13 heavy (non-hydrogen) atoms. The van der Waals surface area contributed by atoms with Gasteiger partial charge in [0.2, 0.25) is 20.0 Å². The summed E-state index contributed by atoms with van der Waals surface area (Å²) in [4.78, 5) is 0. The topological polar surface area (TPSA) is 130 Å². The number of nitrogens with one attached hydrogen (secondary N) is 1. The second-order valence-corrected chi connectivity index (χ2v) is 5.72. The molecule has 0 aliphatic heterocycles. The third kappa shape index (κ3) is 7.66. The lowest BCUT2D eigenvalue weighted by Crippen LogP contribution is -2.32.